The highest BCUT2D eigenvalue weighted by atomic mass is 16.5. The molecule has 7 aromatic rings. The molecular formula is C62H64N2O8. The lowest BCUT2D eigenvalue weighted by molar-refractivity contribution is 0.0725. The van der Waals surface area contributed by atoms with Crippen molar-refractivity contribution in [3.8, 4) is 46.0 Å². The van der Waals surface area contributed by atoms with Crippen molar-refractivity contribution >= 4 is 35.7 Å². The average Bonchev–Trinajstić information content (AvgIpc) is 3.41. The average molecular weight is 965 g/mol. The number of carbonyl (C=O) groups excluding carboxylic acids is 2. The molecule has 0 amide bonds. The van der Waals surface area contributed by atoms with Crippen molar-refractivity contribution < 1.29 is 38.0 Å². The smallest absolute Gasteiger partial charge is 0.343 e. The molecule has 72 heavy (non-hydrogen) atoms. The van der Waals surface area contributed by atoms with Gasteiger partial charge in [-0.15, -0.1) is 0 Å². The Morgan fingerprint density at radius 2 is 0.639 bits per heavy atom. The Hall–Kier alpha value is -7.98. The van der Waals surface area contributed by atoms with E-state index in [0.717, 1.165) is 46.8 Å². The summed E-state index contributed by atoms with van der Waals surface area (Å²) in [4.78, 5) is 34.7. The lowest BCUT2D eigenvalue weighted by atomic mass is 10.1. The van der Waals surface area contributed by atoms with Crippen LogP contribution in [0.3, 0.4) is 0 Å². The number of ether oxygens (including phenoxy) is 6. The standard InChI is InChI=1S/C62H64N2O8/c1-3-5-7-9-11-13-43-67-53-31-19-49(20-32-53)61(65)71-59-27-15-47(16-28-59)45-63-51-23-35-55(36-24-51)69-57-39-41-58(42-40-57)70-56-37-25-52(26-38-56)64-46-48-17-29-60(30-18-48)72-62(66)50-21-33-54(34-22-50)68-44-14-12-10-8-6-4-2/h15-42,45-46H,3-14,43-44H2,1-2H3. The largest absolute Gasteiger partial charge is 0.494 e. The molecule has 370 valence electrons. The van der Waals surface area contributed by atoms with E-state index in [0.29, 0.717) is 58.8 Å². The molecule has 0 N–H and O–H groups in total. The molecule has 10 nitrogen and oxygen atoms in total. The fourth-order valence-electron chi connectivity index (χ4n) is 7.44. The maximum atomic E-state index is 12.7. The lowest BCUT2D eigenvalue weighted by Crippen LogP contribution is -2.08. The quantitative estimate of drug-likeness (QED) is 0.0206. The fraction of sp³-hybridized carbons (Fsp3) is 0.258. The minimum absolute atomic E-state index is 0.428. The second-order valence-corrected chi connectivity index (χ2v) is 17.4. The first-order valence-electron chi connectivity index (χ1n) is 25.2. The summed E-state index contributed by atoms with van der Waals surface area (Å²) in [5.74, 6) is 4.20. The van der Waals surface area contributed by atoms with Crippen LogP contribution in [0, 0.1) is 0 Å². The molecular weight excluding hydrogens is 901 g/mol. The van der Waals surface area contributed by atoms with Gasteiger partial charge < -0.3 is 28.4 Å². The normalized spacial score (nSPS) is 11.1. The van der Waals surface area contributed by atoms with Gasteiger partial charge in [-0.1, -0.05) is 78.1 Å². The molecule has 0 heterocycles. The van der Waals surface area contributed by atoms with Crippen molar-refractivity contribution in [3.63, 3.8) is 0 Å². The van der Waals surface area contributed by atoms with E-state index < -0.39 is 11.9 Å². The highest BCUT2D eigenvalue weighted by molar-refractivity contribution is 5.92. The topological polar surface area (TPSA) is 114 Å². The molecule has 10 heteroatoms. The second-order valence-electron chi connectivity index (χ2n) is 17.4. The summed E-state index contributed by atoms with van der Waals surface area (Å²) in [5.41, 5.74) is 4.15. The van der Waals surface area contributed by atoms with Crippen molar-refractivity contribution in [3.05, 3.63) is 192 Å². The van der Waals surface area contributed by atoms with Crippen LogP contribution in [-0.4, -0.2) is 37.6 Å². The van der Waals surface area contributed by atoms with E-state index in [1.807, 2.05) is 121 Å². The Labute approximate surface area is 424 Å². The van der Waals surface area contributed by atoms with E-state index in [1.54, 1.807) is 61.0 Å². The molecule has 0 radical (unpaired) electrons. The monoisotopic (exact) mass is 964 g/mol. The zero-order chi connectivity index (χ0) is 50.0. The molecule has 7 rings (SSSR count). The number of rotatable bonds is 28. The Kier molecular flexibility index (Phi) is 20.6. The number of hydrogen-bond acceptors (Lipinski definition) is 10. The molecule has 0 spiro atoms. The van der Waals surface area contributed by atoms with Crippen molar-refractivity contribution in [1.82, 2.24) is 0 Å². The van der Waals surface area contributed by atoms with Gasteiger partial charge in [-0.2, -0.15) is 0 Å². The molecule has 0 fully saturated rings. The van der Waals surface area contributed by atoms with Gasteiger partial charge in [0.15, 0.2) is 0 Å². The maximum Gasteiger partial charge on any atom is 0.343 e. The predicted molar refractivity (Wildman–Crippen MR) is 287 cm³/mol. The van der Waals surface area contributed by atoms with Crippen molar-refractivity contribution in [2.75, 3.05) is 13.2 Å². The molecule has 7 aromatic carbocycles. The van der Waals surface area contributed by atoms with Crippen molar-refractivity contribution in [2.45, 2.75) is 90.9 Å². The van der Waals surface area contributed by atoms with E-state index in [2.05, 4.69) is 23.8 Å². The number of esters is 2. The SMILES string of the molecule is CCCCCCCCOc1ccc(C(=O)Oc2ccc(C=Nc3ccc(Oc4ccc(Oc5ccc(N=Cc6ccc(OC(=O)c7ccc(OCCCCCCCC)cc7)cc6)cc5)cc4)cc3)cc2)cc1. The number of aliphatic imine (C=N–C) groups is 2. The molecule has 0 atom stereocenters. The van der Waals surface area contributed by atoms with E-state index >= 15 is 0 Å². The van der Waals surface area contributed by atoms with Gasteiger partial charge in [0.25, 0.3) is 0 Å². The summed E-state index contributed by atoms with van der Waals surface area (Å²) < 4.78 is 35.0. The van der Waals surface area contributed by atoms with Gasteiger partial charge in [0.05, 0.1) is 35.7 Å². The second kappa shape index (κ2) is 28.6. The third-order valence-electron chi connectivity index (χ3n) is 11.6. The Balaban J connectivity index is 0.789. The van der Waals surface area contributed by atoms with Crippen molar-refractivity contribution in [2.24, 2.45) is 9.98 Å². The van der Waals surface area contributed by atoms with Crippen LogP contribution in [0.2, 0.25) is 0 Å². The number of unbranched alkanes of at least 4 members (excludes halogenated alkanes) is 10. The third-order valence-corrected chi connectivity index (χ3v) is 11.6. The molecule has 0 aliphatic heterocycles. The Morgan fingerprint density at radius 3 is 0.986 bits per heavy atom. The Bertz CT molecular complexity index is 2560. The van der Waals surface area contributed by atoms with E-state index in [-0.39, 0.29) is 0 Å². The van der Waals surface area contributed by atoms with Gasteiger partial charge in [-0.3, -0.25) is 9.98 Å². The summed E-state index contributed by atoms with van der Waals surface area (Å²) in [6.45, 7) is 5.79. The van der Waals surface area contributed by atoms with Crippen LogP contribution >= 0.6 is 0 Å². The summed E-state index contributed by atoms with van der Waals surface area (Å²) in [6.07, 6.45) is 18.0. The maximum absolute atomic E-state index is 12.7. The fourth-order valence-corrected chi connectivity index (χ4v) is 7.44. The van der Waals surface area contributed by atoms with Crippen LogP contribution in [-0.2, 0) is 0 Å². The van der Waals surface area contributed by atoms with Gasteiger partial charge in [0, 0.05) is 12.4 Å². The highest BCUT2D eigenvalue weighted by Gasteiger charge is 2.11. The molecule has 0 aromatic heterocycles. The number of benzene rings is 7. The van der Waals surface area contributed by atoms with Crippen LogP contribution in [0.5, 0.6) is 46.0 Å². The molecule has 0 bridgehead atoms. The minimum atomic E-state index is -0.428. The Morgan fingerprint density at radius 1 is 0.347 bits per heavy atom. The first kappa shape index (κ1) is 51.9. The van der Waals surface area contributed by atoms with Crippen molar-refractivity contribution in [1.29, 1.82) is 0 Å². The molecule has 0 unspecified atom stereocenters. The summed E-state index contributed by atoms with van der Waals surface area (Å²) in [5, 5.41) is 0. The predicted octanol–water partition coefficient (Wildman–Crippen LogP) is 16.7. The summed E-state index contributed by atoms with van der Waals surface area (Å²) >= 11 is 0. The highest BCUT2D eigenvalue weighted by Crippen LogP contribution is 2.29. The summed E-state index contributed by atoms with van der Waals surface area (Å²) in [7, 11) is 0. The molecule has 0 saturated carbocycles. The molecule has 0 aliphatic rings. The van der Waals surface area contributed by atoms with Gasteiger partial charge in [-0.05, 0) is 194 Å². The number of hydrogen-bond donors (Lipinski definition) is 0. The van der Waals surface area contributed by atoms with E-state index in [9.17, 15) is 9.59 Å². The first-order valence-corrected chi connectivity index (χ1v) is 25.2. The zero-order valence-electron chi connectivity index (χ0n) is 41.4. The van der Waals surface area contributed by atoms with E-state index in [1.165, 1.54) is 64.2 Å². The van der Waals surface area contributed by atoms with Gasteiger partial charge in [-0.25, -0.2) is 9.59 Å². The van der Waals surface area contributed by atoms with Crippen LogP contribution in [0.25, 0.3) is 0 Å². The van der Waals surface area contributed by atoms with Gasteiger partial charge >= 0.3 is 11.9 Å². The van der Waals surface area contributed by atoms with E-state index in [4.69, 9.17) is 28.4 Å². The number of carbonyl (C=O) groups is 2. The van der Waals surface area contributed by atoms with Crippen LogP contribution in [0.4, 0.5) is 11.4 Å². The molecule has 0 saturated heterocycles. The lowest BCUT2D eigenvalue weighted by Gasteiger charge is -2.09. The van der Waals surface area contributed by atoms with Crippen LogP contribution < -0.4 is 28.4 Å². The third kappa shape index (κ3) is 17.8. The minimum Gasteiger partial charge on any atom is -0.494 e. The van der Waals surface area contributed by atoms with Gasteiger partial charge in [0.2, 0.25) is 0 Å². The number of nitrogens with zero attached hydrogens (tertiary/aromatic N) is 2. The van der Waals surface area contributed by atoms with Gasteiger partial charge in [0.1, 0.15) is 46.0 Å². The molecule has 0 aliphatic carbocycles. The first-order chi connectivity index (χ1) is 35.4. The van der Waals surface area contributed by atoms with Crippen LogP contribution in [0.15, 0.2) is 180 Å². The zero-order valence-corrected chi connectivity index (χ0v) is 41.4. The van der Waals surface area contributed by atoms with Crippen LogP contribution in [0.1, 0.15) is 123 Å². The summed E-state index contributed by atoms with van der Waals surface area (Å²) in [6, 6.07) is 50.9.